The summed E-state index contributed by atoms with van der Waals surface area (Å²) in [6.45, 7) is 1.42. The zero-order chi connectivity index (χ0) is 15.3. The van der Waals surface area contributed by atoms with E-state index in [-0.39, 0.29) is 12.5 Å². The lowest BCUT2D eigenvalue weighted by Gasteiger charge is -2.18. The fourth-order valence-corrected chi connectivity index (χ4v) is 2.84. The van der Waals surface area contributed by atoms with E-state index in [1.165, 1.54) is 14.0 Å². The van der Waals surface area contributed by atoms with Crippen LogP contribution in [-0.4, -0.2) is 31.6 Å². The topological polar surface area (TPSA) is 67.4 Å². The molecule has 0 aliphatic rings. The highest BCUT2D eigenvalue weighted by Gasteiger charge is 2.20. The Labute approximate surface area is 135 Å². The molecule has 1 aromatic carbocycles. The molecule has 0 aromatic heterocycles. The molecule has 0 aliphatic carbocycles. The summed E-state index contributed by atoms with van der Waals surface area (Å²) in [5.74, 6) is -0.896. The van der Waals surface area contributed by atoms with Gasteiger partial charge in [0.05, 0.1) is 22.8 Å². The molecule has 0 fully saturated rings. The first-order valence-electron chi connectivity index (χ1n) is 5.58. The third-order valence-electron chi connectivity index (χ3n) is 2.35. The highest BCUT2D eigenvalue weighted by molar-refractivity contribution is 9.10. The van der Waals surface area contributed by atoms with Crippen LogP contribution in [0.15, 0.2) is 16.6 Å². The van der Waals surface area contributed by atoms with Crippen molar-refractivity contribution >= 4 is 56.7 Å². The number of hydrogen-bond acceptors (Lipinski definition) is 4. The summed E-state index contributed by atoms with van der Waals surface area (Å²) in [5.41, 5.74) is 0.482. The second-order valence-corrected chi connectivity index (χ2v) is 5.63. The van der Waals surface area contributed by atoms with Crippen molar-refractivity contribution < 1.29 is 14.3 Å². The number of esters is 1. The predicted molar refractivity (Wildman–Crippen MR) is 82.3 cm³/mol. The number of hydrogen-bond donors (Lipinski definition) is 2. The summed E-state index contributed by atoms with van der Waals surface area (Å²) in [5, 5.41) is 6.21. The zero-order valence-electron chi connectivity index (χ0n) is 10.8. The van der Waals surface area contributed by atoms with E-state index in [2.05, 4.69) is 31.3 Å². The van der Waals surface area contributed by atoms with E-state index >= 15 is 0 Å². The van der Waals surface area contributed by atoms with Gasteiger partial charge in [0.1, 0.15) is 6.04 Å². The molecule has 8 heteroatoms. The number of nitrogens with one attached hydrogen (secondary N) is 2. The van der Waals surface area contributed by atoms with Gasteiger partial charge in [0.25, 0.3) is 0 Å². The van der Waals surface area contributed by atoms with Crippen LogP contribution in [0.5, 0.6) is 0 Å². The SMILES string of the molecule is COC(=O)C(CNc1c(Cl)cc(Br)cc1Cl)NC(C)=O. The number of ether oxygens (including phenoxy) is 1. The van der Waals surface area contributed by atoms with E-state index < -0.39 is 12.0 Å². The largest absolute Gasteiger partial charge is 0.467 e. The molecule has 0 saturated heterocycles. The molecule has 0 aliphatic heterocycles. The molecule has 110 valence electrons. The van der Waals surface area contributed by atoms with Gasteiger partial charge in [-0.3, -0.25) is 4.79 Å². The van der Waals surface area contributed by atoms with Crippen LogP contribution in [0.1, 0.15) is 6.92 Å². The second kappa shape index (κ2) is 7.71. The predicted octanol–water partition coefficient (Wildman–Crippen LogP) is 2.85. The molecule has 0 radical (unpaired) electrons. The standard InChI is InChI=1S/C12H13BrCl2N2O3/c1-6(18)17-10(12(19)20-2)5-16-11-8(14)3-7(13)4-9(11)15/h3-4,10,16H,5H2,1-2H3,(H,17,18). The first-order valence-corrected chi connectivity index (χ1v) is 7.13. The van der Waals surface area contributed by atoms with Crippen LogP contribution in [0.25, 0.3) is 0 Å². The van der Waals surface area contributed by atoms with Crippen LogP contribution in [0, 0.1) is 0 Å². The number of methoxy groups -OCH3 is 1. The molecule has 0 saturated carbocycles. The lowest BCUT2D eigenvalue weighted by molar-refractivity contribution is -0.144. The van der Waals surface area contributed by atoms with Crippen molar-refractivity contribution in [1.82, 2.24) is 5.32 Å². The van der Waals surface area contributed by atoms with Crippen molar-refractivity contribution in [3.63, 3.8) is 0 Å². The van der Waals surface area contributed by atoms with Gasteiger partial charge in [0.15, 0.2) is 0 Å². The Morgan fingerprint density at radius 1 is 1.35 bits per heavy atom. The quantitative estimate of drug-likeness (QED) is 0.767. The lowest BCUT2D eigenvalue weighted by atomic mass is 10.2. The molecule has 20 heavy (non-hydrogen) atoms. The van der Waals surface area contributed by atoms with Crippen molar-refractivity contribution in [2.24, 2.45) is 0 Å². The van der Waals surface area contributed by atoms with Gasteiger partial charge >= 0.3 is 5.97 Å². The van der Waals surface area contributed by atoms with E-state index in [0.29, 0.717) is 15.7 Å². The smallest absolute Gasteiger partial charge is 0.330 e. The minimum Gasteiger partial charge on any atom is -0.467 e. The molecule has 0 spiro atoms. The minimum absolute atomic E-state index is 0.104. The number of benzene rings is 1. The highest BCUT2D eigenvalue weighted by atomic mass is 79.9. The van der Waals surface area contributed by atoms with Gasteiger partial charge in [-0.1, -0.05) is 39.1 Å². The molecular weight excluding hydrogens is 371 g/mol. The second-order valence-electron chi connectivity index (χ2n) is 3.90. The van der Waals surface area contributed by atoms with Gasteiger partial charge in [-0.05, 0) is 12.1 Å². The first kappa shape index (κ1) is 17.1. The number of carbonyl (C=O) groups is 2. The van der Waals surface area contributed by atoms with Crippen molar-refractivity contribution in [2.75, 3.05) is 19.0 Å². The summed E-state index contributed by atoms with van der Waals surface area (Å²) in [6.07, 6.45) is 0. The average Bonchev–Trinajstić information content (AvgIpc) is 2.34. The van der Waals surface area contributed by atoms with Crippen molar-refractivity contribution in [3.8, 4) is 0 Å². The van der Waals surface area contributed by atoms with Gasteiger partial charge in [-0.25, -0.2) is 4.79 Å². The van der Waals surface area contributed by atoms with Gasteiger partial charge in [0, 0.05) is 17.9 Å². The molecule has 5 nitrogen and oxygen atoms in total. The fraction of sp³-hybridized carbons (Fsp3) is 0.333. The first-order chi connectivity index (χ1) is 9.35. The molecule has 2 N–H and O–H groups in total. The van der Waals surface area contributed by atoms with Crippen LogP contribution >= 0.6 is 39.1 Å². The third kappa shape index (κ3) is 4.85. The summed E-state index contributed by atoms with van der Waals surface area (Å²) in [6, 6.07) is 2.51. The maximum atomic E-state index is 11.5. The average molecular weight is 384 g/mol. The van der Waals surface area contributed by atoms with Gasteiger partial charge in [-0.2, -0.15) is 0 Å². The number of anilines is 1. The van der Waals surface area contributed by atoms with Gasteiger partial charge in [-0.15, -0.1) is 0 Å². The van der Waals surface area contributed by atoms with Crippen molar-refractivity contribution in [3.05, 3.63) is 26.7 Å². The van der Waals surface area contributed by atoms with E-state index in [0.717, 1.165) is 4.47 Å². The Morgan fingerprint density at radius 2 is 1.90 bits per heavy atom. The summed E-state index contributed by atoms with van der Waals surface area (Å²) in [7, 11) is 1.25. The van der Waals surface area contributed by atoms with E-state index in [1.54, 1.807) is 12.1 Å². The number of rotatable bonds is 5. The van der Waals surface area contributed by atoms with Gasteiger partial charge < -0.3 is 15.4 Å². The molecule has 1 amide bonds. The summed E-state index contributed by atoms with van der Waals surface area (Å²) < 4.78 is 5.35. The molecular formula is C12H13BrCl2N2O3. The molecule has 1 rings (SSSR count). The Kier molecular flexibility index (Phi) is 6.58. The van der Waals surface area contributed by atoms with Gasteiger partial charge in [0.2, 0.25) is 5.91 Å². The number of halogens is 3. The van der Waals surface area contributed by atoms with Crippen LogP contribution in [0.3, 0.4) is 0 Å². The Bertz CT molecular complexity index is 502. The molecule has 0 bridgehead atoms. The monoisotopic (exact) mass is 382 g/mol. The molecule has 1 atom stereocenters. The van der Waals surface area contributed by atoms with Crippen LogP contribution in [0.2, 0.25) is 10.0 Å². The van der Waals surface area contributed by atoms with Crippen molar-refractivity contribution in [2.45, 2.75) is 13.0 Å². The summed E-state index contributed by atoms with van der Waals surface area (Å²) in [4.78, 5) is 22.6. The highest BCUT2D eigenvalue weighted by Crippen LogP contribution is 2.33. The van der Waals surface area contributed by atoms with Crippen LogP contribution in [0.4, 0.5) is 5.69 Å². The van der Waals surface area contributed by atoms with Crippen LogP contribution in [-0.2, 0) is 14.3 Å². The normalized spacial score (nSPS) is 11.7. The minimum atomic E-state index is -0.826. The Morgan fingerprint density at radius 3 is 2.35 bits per heavy atom. The summed E-state index contributed by atoms with van der Waals surface area (Å²) >= 11 is 15.4. The van der Waals surface area contributed by atoms with Crippen LogP contribution < -0.4 is 10.6 Å². The molecule has 1 unspecified atom stereocenters. The molecule has 0 heterocycles. The number of amides is 1. The maximum absolute atomic E-state index is 11.5. The van der Waals surface area contributed by atoms with Crippen molar-refractivity contribution in [1.29, 1.82) is 0 Å². The zero-order valence-corrected chi connectivity index (χ0v) is 13.9. The number of carbonyl (C=O) groups excluding carboxylic acids is 2. The lowest BCUT2D eigenvalue weighted by Crippen LogP contribution is -2.45. The maximum Gasteiger partial charge on any atom is 0.330 e. The van der Waals surface area contributed by atoms with E-state index in [9.17, 15) is 9.59 Å². The molecule has 1 aromatic rings. The van der Waals surface area contributed by atoms with E-state index in [1.807, 2.05) is 0 Å². The van der Waals surface area contributed by atoms with E-state index in [4.69, 9.17) is 23.2 Å². The fourth-order valence-electron chi connectivity index (χ4n) is 1.50. The Balaban J connectivity index is 2.82. The Hall–Kier alpha value is -0.980. The third-order valence-corrected chi connectivity index (χ3v) is 3.41.